The average Bonchev–Trinajstić information content (AvgIpc) is 2.74. The molecule has 1 N–H and O–H groups in total. The molecule has 0 bridgehead atoms. The van der Waals surface area contributed by atoms with Crippen molar-refractivity contribution in [2.45, 2.75) is 0 Å². The Balaban J connectivity index is 2.14. The van der Waals surface area contributed by atoms with E-state index in [0.29, 0.717) is 5.75 Å². The summed E-state index contributed by atoms with van der Waals surface area (Å²) in [6.45, 7) is 0.353. The summed E-state index contributed by atoms with van der Waals surface area (Å²) in [5.41, 5.74) is -0.574. The molecule has 2 aromatic carbocycles. The molecule has 150 valence electrons. The molecule has 0 unspecified atom stereocenters. The van der Waals surface area contributed by atoms with E-state index in [0.717, 1.165) is 6.08 Å². The molecule has 0 spiro atoms. The molecule has 0 aliphatic carbocycles. The average molecular weight is 397 g/mol. The summed E-state index contributed by atoms with van der Waals surface area (Å²) < 4.78 is 15.6. The Bertz CT molecular complexity index is 951. The minimum absolute atomic E-state index is 0.0416. The molecule has 0 aliphatic rings. The fraction of sp³-hybridized carbons (Fsp3) is 0.200. The Morgan fingerprint density at radius 1 is 1.21 bits per heavy atom. The van der Waals surface area contributed by atoms with Gasteiger partial charge in [-0.2, -0.15) is 5.26 Å². The van der Waals surface area contributed by atoms with Gasteiger partial charge in [0.2, 0.25) is 0 Å². The van der Waals surface area contributed by atoms with Crippen molar-refractivity contribution < 1.29 is 23.9 Å². The standard InChI is InChI=1S/C20H19N3O6/c1-27-18-11-14(17(23(25)26)12-19(18)28-2)10-15(13-21)20(24)22-8-9-29-16-6-4-3-5-7-16/h3-7,10-12H,8-9H2,1-2H3,(H,22,24)/b15-10+. The van der Waals surface area contributed by atoms with Crippen LogP contribution in [0.25, 0.3) is 6.08 Å². The van der Waals surface area contributed by atoms with Crippen molar-refractivity contribution in [1.82, 2.24) is 5.32 Å². The SMILES string of the molecule is COc1cc(/C=C(\C#N)C(=O)NCCOc2ccccc2)c([N+](=O)[O-])cc1OC. The van der Waals surface area contributed by atoms with Crippen molar-refractivity contribution in [2.75, 3.05) is 27.4 Å². The Kier molecular flexibility index (Phi) is 7.56. The summed E-state index contributed by atoms with van der Waals surface area (Å²) in [7, 11) is 2.73. The predicted octanol–water partition coefficient (Wildman–Crippen LogP) is 2.71. The van der Waals surface area contributed by atoms with Crippen molar-refractivity contribution >= 4 is 17.7 Å². The van der Waals surface area contributed by atoms with Gasteiger partial charge in [0.15, 0.2) is 11.5 Å². The first-order valence-electron chi connectivity index (χ1n) is 8.48. The Morgan fingerprint density at radius 2 is 1.86 bits per heavy atom. The van der Waals surface area contributed by atoms with Gasteiger partial charge >= 0.3 is 0 Å². The quantitative estimate of drug-likeness (QED) is 0.227. The summed E-state index contributed by atoms with van der Waals surface area (Å²) in [4.78, 5) is 23.0. The number of methoxy groups -OCH3 is 2. The number of nitro benzene ring substituents is 1. The van der Waals surface area contributed by atoms with E-state index in [4.69, 9.17) is 14.2 Å². The second-order valence-corrected chi connectivity index (χ2v) is 5.61. The van der Waals surface area contributed by atoms with Crippen molar-refractivity contribution in [2.24, 2.45) is 0 Å². The van der Waals surface area contributed by atoms with Crippen molar-refractivity contribution in [3.05, 3.63) is 63.7 Å². The smallest absolute Gasteiger partial charge is 0.280 e. The molecular formula is C20H19N3O6. The van der Waals surface area contributed by atoms with E-state index >= 15 is 0 Å². The molecule has 2 aromatic rings. The van der Waals surface area contributed by atoms with E-state index in [9.17, 15) is 20.2 Å². The number of amides is 1. The zero-order valence-electron chi connectivity index (χ0n) is 15.9. The van der Waals surface area contributed by atoms with E-state index in [1.807, 2.05) is 18.2 Å². The highest BCUT2D eigenvalue weighted by atomic mass is 16.6. The number of carbonyl (C=O) groups is 1. The van der Waals surface area contributed by atoms with Crippen LogP contribution in [0.15, 0.2) is 48.0 Å². The summed E-state index contributed by atoms with van der Waals surface area (Å²) in [5, 5.41) is 23.2. The fourth-order valence-electron chi connectivity index (χ4n) is 2.41. The highest BCUT2D eigenvalue weighted by molar-refractivity contribution is 6.02. The van der Waals surface area contributed by atoms with E-state index in [1.54, 1.807) is 18.2 Å². The first kappa shape index (κ1) is 21.2. The van der Waals surface area contributed by atoms with E-state index in [-0.39, 0.29) is 41.5 Å². The van der Waals surface area contributed by atoms with Crippen LogP contribution in [0.1, 0.15) is 5.56 Å². The maximum atomic E-state index is 12.3. The number of carbonyl (C=O) groups excluding carboxylic acids is 1. The lowest BCUT2D eigenvalue weighted by molar-refractivity contribution is -0.385. The minimum atomic E-state index is -0.673. The van der Waals surface area contributed by atoms with Crippen LogP contribution >= 0.6 is 0 Å². The number of rotatable bonds is 9. The number of ether oxygens (including phenoxy) is 3. The Labute approximate surface area is 167 Å². The second-order valence-electron chi connectivity index (χ2n) is 5.61. The van der Waals surface area contributed by atoms with Gasteiger partial charge in [-0.25, -0.2) is 0 Å². The molecule has 29 heavy (non-hydrogen) atoms. The van der Waals surface area contributed by atoms with E-state index in [1.165, 1.54) is 26.4 Å². The van der Waals surface area contributed by atoms with E-state index < -0.39 is 10.8 Å². The molecule has 1 amide bonds. The van der Waals surface area contributed by atoms with Crippen molar-refractivity contribution in [3.8, 4) is 23.3 Å². The third-order valence-corrected chi connectivity index (χ3v) is 3.79. The van der Waals surface area contributed by atoms with Gasteiger partial charge in [0.1, 0.15) is 24.0 Å². The molecule has 9 nitrogen and oxygen atoms in total. The molecule has 0 radical (unpaired) electrons. The topological polar surface area (TPSA) is 124 Å². The molecular weight excluding hydrogens is 378 g/mol. The third kappa shape index (κ3) is 5.71. The minimum Gasteiger partial charge on any atom is -0.493 e. The molecule has 0 aromatic heterocycles. The summed E-state index contributed by atoms with van der Waals surface area (Å²) in [6, 6.07) is 13.3. The maximum absolute atomic E-state index is 12.3. The fourth-order valence-corrected chi connectivity index (χ4v) is 2.41. The number of nitriles is 1. The lowest BCUT2D eigenvalue weighted by Gasteiger charge is -2.09. The van der Waals surface area contributed by atoms with Crippen LogP contribution in [0.4, 0.5) is 5.69 Å². The largest absolute Gasteiger partial charge is 0.493 e. The van der Waals surface area contributed by atoms with Gasteiger partial charge in [0, 0.05) is 0 Å². The highest BCUT2D eigenvalue weighted by Crippen LogP contribution is 2.35. The first-order valence-corrected chi connectivity index (χ1v) is 8.48. The number of hydrogen-bond donors (Lipinski definition) is 1. The van der Waals surface area contributed by atoms with Crippen LogP contribution in [0.3, 0.4) is 0 Å². The molecule has 0 fully saturated rings. The lowest BCUT2D eigenvalue weighted by Crippen LogP contribution is -2.29. The molecule has 2 rings (SSSR count). The number of hydrogen-bond acceptors (Lipinski definition) is 7. The second kappa shape index (κ2) is 10.3. The van der Waals surface area contributed by atoms with Gasteiger partial charge in [-0.1, -0.05) is 18.2 Å². The number of benzene rings is 2. The van der Waals surface area contributed by atoms with Crippen molar-refractivity contribution in [3.63, 3.8) is 0 Å². The van der Waals surface area contributed by atoms with Crippen LogP contribution in [0.5, 0.6) is 17.2 Å². The molecule has 0 saturated heterocycles. The van der Waals surface area contributed by atoms with Gasteiger partial charge in [-0.05, 0) is 24.3 Å². The maximum Gasteiger partial charge on any atom is 0.280 e. The molecule has 0 heterocycles. The third-order valence-electron chi connectivity index (χ3n) is 3.79. The number of nitrogens with one attached hydrogen (secondary N) is 1. The first-order chi connectivity index (χ1) is 14.0. The van der Waals surface area contributed by atoms with Crippen LogP contribution in [-0.4, -0.2) is 38.2 Å². The molecule has 0 aliphatic heterocycles. The zero-order valence-corrected chi connectivity index (χ0v) is 15.9. The van der Waals surface area contributed by atoms with Crippen LogP contribution in [0.2, 0.25) is 0 Å². The van der Waals surface area contributed by atoms with Crippen molar-refractivity contribution in [1.29, 1.82) is 5.26 Å². The Hall–Kier alpha value is -4.06. The van der Waals surface area contributed by atoms with Gasteiger partial charge in [0.05, 0.1) is 37.3 Å². The van der Waals surface area contributed by atoms with Gasteiger partial charge in [-0.15, -0.1) is 0 Å². The summed E-state index contributed by atoms with van der Waals surface area (Å²) in [6.07, 6.45) is 1.13. The molecule has 9 heteroatoms. The molecule has 0 saturated carbocycles. The van der Waals surface area contributed by atoms with E-state index in [2.05, 4.69) is 5.32 Å². The van der Waals surface area contributed by atoms with Crippen LogP contribution in [0, 0.1) is 21.4 Å². The van der Waals surface area contributed by atoms with Crippen LogP contribution in [-0.2, 0) is 4.79 Å². The normalized spacial score (nSPS) is 10.6. The number of nitrogens with zero attached hydrogens (tertiary/aromatic N) is 2. The summed E-state index contributed by atoms with van der Waals surface area (Å²) in [5.74, 6) is 0.377. The van der Waals surface area contributed by atoms with Gasteiger partial charge in [-0.3, -0.25) is 14.9 Å². The van der Waals surface area contributed by atoms with Gasteiger partial charge in [0.25, 0.3) is 11.6 Å². The monoisotopic (exact) mass is 397 g/mol. The zero-order chi connectivity index (χ0) is 21.2. The number of para-hydroxylation sites is 1. The van der Waals surface area contributed by atoms with Crippen LogP contribution < -0.4 is 19.5 Å². The summed E-state index contributed by atoms with van der Waals surface area (Å²) >= 11 is 0. The van der Waals surface area contributed by atoms with Gasteiger partial charge < -0.3 is 19.5 Å². The predicted molar refractivity (Wildman–Crippen MR) is 105 cm³/mol. The highest BCUT2D eigenvalue weighted by Gasteiger charge is 2.20. The molecule has 0 atom stereocenters. The number of nitro groups is 1. The Morgan fingerprint density at radius 3 is 2.45 bits per heavy atom. The lowest BCUT2D eigenvalue weighted by atomic mass is 10.1.